The standard InChI is InChI=1S/C15H21ClN2O/c1-3-7-17-13-6-5-11(16)9-12(13)15(19)18-14-8-10(14)4-2/h5-6,9-10,14,17H,3-4,7-8H2,1-2H3,(H,18,19). The maximum Gasteiger partial charge on any atom is 0.253 e. The summed E-state index contributed by atoms with van der Waals surface area (Å²) in [6, 6.07) is 5.76. The third kappa shape index (κ3) is 3.63. The smallest absolute Gasteiger partial charge is 0.253 e. The van der Waals surface area contributed by atoms with Gasteiger partial charge in [0.1, 0.15) is 0 Å². The summed E-state index contributed by atoms with van der Waals surface area (Å²) in [5.41, 5.74) is 1.50. The summed E-state index contributed by atoms with van der Waals surface area (Å²) >= 11 is 6.00. The summed E-state index contributed by atoms with van der Waals surface area (Å²) in [5.74, 6) is 0.622. The molecule has 1 aliphatic carbocycles. The van der Waals surface area contributed by atoms with E-state index in [9.17, 15) is 4.79 Å². The monoisotopic (exact) mass is 280 g/mol. The third-order valence-electron chi connectivity index (χ3n) is 3.56. The lowest BCUT2D eigenvalue weighted by molar-refractivity contribution is 0.0950. The Bertz CT molecular complexity index is 461. The summed E-state index contributed by atoms with van der Waals surface area (Å²) in [6.45, 7) is 5.10. The molecule has 104 valence electrons. The van der Waals surface area contributed by atoms with E-state index in [1.165, 1.54) is 0 Å². The van der Waals surface area contributed by atoms with Gasteiger partial charge in [-0.2, -0.15) is 0 Å². The third-order valence-corrected chi connectivity index (χ3v) is 3.79. The van der Waals surface area contributed by atoms with Gasteiger partial charge in [-0.25, -0.2) is 0 Å². The van der Waals surface area contributed by atoms with Gasteiger partial charge in [-0.3, -0.25) is 4.79 Å². The van der Waals surface area contributed by atoms with Gasteiger partial charge in [0.2, 0.25) is 0 Å². The molecule has 4 heteroatoms. The minimum Gasteiger partial charge on any atom is -0.384 e. The quantitative estimate of drug-likeness (QED) is 0.834. The van der Waals surface area contributed by atoms with Crippen molar-refractivity contribution in [3.05, 3.63) is 28.8 Å². The largest absolute Gasteiger partial charge is 0.384 e. The number of halogens is 1. The first-order valence-corrected chi connectivity index (χ1v) is 7.37. The zero-order chi connectivity index (χ0) is 13.8. The molecule has 0 aromatic heterocycles. The van der Waals surface area contributed by atoms with Crippen molar-refractivity contribution >= 4 is 23.2 Å². The van der Waals surface area contributed by atoms with Crippen LogP contribution < -0.4 is 10.6 Å². The lowest BCUT2D eigenvalue weighted by Crippen LogP contribution is -2.27. The van der Waals surface area contributed by atoms with Gasteiger partial charge in [0.25, 0.3) is 5.91 Å². The summed E-state index contributed by atoms with van der Waals surface area (Å²) in [5, 5.41) is 6.94. The molecule has 1 aromatic carbocycles. The van der Waals surface area contributed by atoms with Crippen LogP contribution in [0, 0.1) is 5.92 Å². The van der Waals surface area contributed by atoms with Crippen LogP contribution in [-0.2, 0) is 0 Å². The Morgan fingerprint density at radius 3 is 2.84 bits per heavy atom. The van der Waals surface area contributed by atoms with E-state index < -0.39 is 0 Å². The zero-order valence-electron chi connectivity index (χ0n) is 11.5. The average Bonchev–Trinajstić information content (AvgIpc) is 3.15. The van der Waals surface area contributed by atoms with Crippen molar-refractivity contribution in [2.75, 3.05) is 11.9 Å². The molecule has 19 heavy (non-hydrogen) atoms. The minimum absolute atomic E-state index is 0.0259. The number of benzene rings is 1. The average molecular weight is 281 g/mol. The molecule has 0 heterocycles. The molecule has 1 fully saturated rings. The Labute approximate surface area is 119 Å². The summed E-state index contributed by atoms with van der Waals surface area (Å²) in [7, 11) is 0. The zero-order valence-corrected chi connectivity index (χ0v) is 12.3. The van der Waals surface area contributed by atoms with Crippen molar-refractivity contribution in [2.24, 2.45) is 5.92 Å². The predicted molar refractivity (Wildman–Crippen MR) is 79.9 cm³/mol. The van der Waals surface area contributed by atoms with Crippen molar-refractivity contribution in [2.45, 2.75) is 39.2 Å². The summed E-state index contributed by atoms with van der Waals surface area (Å²) in [6.07, 6.45) is 3.24. The first-order chi connectivity index (χ1) is 9.15. The second-order valence-corrected chi connectivity index (χ2v) is 5.54. The number of carbonyl (C=O) groups is 1. The molecule has 1 amide bonds. The fourth-order valence-corrected chi connectivity index (χ4v) is 2.41. The van der Waals surface area contributed by atoms with Gasteiger partial charge >= 0.3 is 0 Å². The topological polar surface area (TPSA) is 41.1 Å². The lowest BCUT2D eigenvalue weighted by Gasteiger charge is -2.12. The predicted octanol–water partition coefficient (Wildman–Crippen LogP) is 3.69. The van der Waals surface area contributed by atoms with E-state index in [1.54, 1.807) is 6.07 Å². The minimum atomic E-state index is -0.0259. The number of rotatable bonds is 6. The highest BCUT2D eigenvalue weighted by Gasteiger charge is 2.36. The van der Waals surface area contributed by atoms with Crippen LogP contribution >= 0.6 is 11.6 Å². The van der Waals surface area contributed by atoms with Crippen LogP contribution in [0.25, 0.3) is 0 Å². The lowest BCUT2D eigenvalue weighted by atomic mass is 10.1. The summed E-state index contributed by atoms with van der Waals surface area (Å²) in [4.78, 5) is 12.3. The molecule has 2 rings (SSSR count). The van der Waals surface area contributed by atoms with E-state index in [-0.39, 0.29) is 5.91 Å². The van der Waals surface area contributed by atoms with Crippen LogP contribution in [0.4, 0.5) is 5.69 Å². The maximum atomic E-state index is 12.3. The second kappa shape index (κ2) is 6.29. The fourth-order valence-electron chi connectivity index (χ4n) is 2.24. The van der Waals surface area contributed by atoms with Crippen LogP contribution in [-0.4, -0.2) is 18.5 Å². The van der Waals surface area contributed by atoms with Gasteiger partial charge in [-0.05, 0) is 37.0 Å². The molecule has 0 spiro atoms. The number of carbonyl (C=O) groups excluding carboxylic acids is 1. The molecule has 0 bridgehead atoms. The first kappa shape index (κ1) is 14.2. The Hall–Kier alpha value is -1.22. The number of nitrogens with one attached hydrogen (secondary N) is 2. The molecule has 0 saturated heterocycles. The number of anilines is 1. The molecular formula is C15H21ClN2O. The van der Waals surface area contributed by atoms with E-state index in [4.69, 9.17) is 11.6 Å². The van der Waals surface area contributed by atoms with Crippen LogP contribution in [0.15, 0.2) is 18.2 Å². The van der Waals surface area contributed by atoms with Gasteiger partial charge in [0.05, 0.1) is 5.56 Å². The molecule has 3 nitrogen and oxygen atoms in total. The van der Waals surface area contributed by atoms with Crippen LogP contribution in [0.2, 0.25) is 5.02 Å². The maximum absolute atomic E-state index is 12.3. The summed E-state index contributed by atoms with van der Waals surface area (Å²) < 4.78 is 0. The molecule has 1 saturated carbocycles. The van der Waals surface area contributed by atoms with Crippen molar-refractivity contribution in [3.8, 4) is 0 Å². The van der Waals surface area contributed by atoms with Crippen molar-refractivity contribution in [1.82, 2.24) is 5.32 Å². The normalized spacial score (nSPS) is 21.0. The molecule has 2 N–H and O–H groups in total. The van der Waals surface area contributed by atoms with Gasteiger partial charge in [0, 0.05) is 23.3 Å². The highest BCUT2D eigenvalue weighted by Crippen LogP contribution is 2.33. The first-order valence-electron chi connectivity index (χ1n) is 7.00. The molecule has 1 aliphatic rings. The van der Waals surface area contributed by atoms with E-state index in [0.29, 0.717) is 22.5 Å². The van der Waals surface area contributed by atoms with Gasteiger partial charge < -0.3 is 10.6 Å². The number of hydrogen-bond acceptors (Lipinski definition) is 2. The molecule has 2 atom stereocenters. The molecule has 0 aliphatic heterocycles. The highest BCUT2D eigenvalue weighted by atomic mass is 35.5. The van der Waals surface area contributed by atoms with E-state index in [2.05, 4.69) is 24.5 Å². The van der Waals surface area contributed by atoms with E-state index in [1.807, 2.05) is 12.1 Å². The molecule has 1 aromatic rings. The van der Waals surface area contributed by atoms with E-state index >= 15 is 0 Å². The number of hydrogen-bond donors (Lipinski definition) is 2. The van der Waals surface area contributed by atoms with E-state index in [0.717, 1.165) is 31.5 Å². The Morgan fingerprint density at radius 1 is 1.42 bits per heavy atom. The Kier molecular flexibility index (Phi) is 4.70. The van der Waals surface area contributed by atoms with Crippen molar-refractivity contribution in [1.29, 1.82) is 0 Å². The van der Waals surface area contributed by atoms with Crippen LogP contribution in [0.3, 0.4) is 0 Å². The SMILES string of the molecule is CCCNc1ccc(Cl)cc1C(=O)NC1CC1CC. The Morgan fingerprint density at radius 2 is 2.21 bits per heavy atom. The van der Waals surface area contributed by atoms with Gasteiger partial charge in [-0.15, -0.1) is 0 Å². The van der Waals surface area contributed by atoms with Crippen LogP contribution in [0.1, 0.15) is 43.5 Å². The Balaban J connectivity index is 2.08. The fraction of sp³-hybridized carbons (Fsp3) is 0.533. The molecule has 0 radical (unpaired) electrons. The molecular weight excluding hydrogens is 260 g/mol. The van der Waals surface area contributed by atoms with Crippen LogP contribution in [0.5, 0.6) is 0 Å². The highest BCUT2D eigenvalue weighted by molar-refractivity contribution is 6.31. The van der Waals surface area contributed by atoms with Crippen molar-refractivity contribution < 1.29 is 4.79 Å². The number of amides is 1. The van der Waals surface area contributed by atoms with Crippen molar-refractivity contribution in [3.63, 3.8) is 0 Å². The van der Waals surface area contributed by atoms with Gasteiger partial charge in [0.15, 0.2) is 0 Å². The second-order valence-electron chi connectivity index (χ2n) is 5.10. The van der Waals surface area contributed by atoms with Gasteiger partial charge in [-0.1, -0.05) is 31.9 Å². The molecule has 2 unspecified atom stereocenters.